The average Bonchev–Trinajstić information content (AvgIpc) is 2.54. The minimum absolute atomic E-state index is 0.0596. The average molecular weight is 288 g/mol. The second-order valence-corrected chi connectivity index (χ2v) is 5.52. The van der Waals surface area contributed by atoms with E-state index in [1.807, 2.05) is 42.3 Å². The third kappa shape index (κ3) is 4.90. The van der Waals surface area contributed by atoms with Gasteiger partial charge >= 0.3 is 0 Å². The maximum atomic E-state index is 12.1. The molecule has 0 radical (unpaired) electrons. The Bertz CT molecular complexity index is 476. The molecule has 0 bridgehead atoms. The highest BCUT2D eigenvalue weighted by Gasteiger charge is 2.16. The smallest absolute Gasteiger partial charge is 0.246 e. The molecule has 0 aliphatic carbocycles. The fourth-order valence-electron chi connectivity index (χ4n) is 2.55. The molecular weight excluding hydrogens is 264 g/mol. The van der Waals surface area contributed by atoms with E-state index in [2.05, 4.69) is 5.32 Å². The van der Waals surface area contributed by atoms with Gasteiger partial charge in [-0.25, -0.2) is 0 Å². The van der Waals surface area contributed by atoms with Gasteiger partial charge in [-0.2, -0.15) is 0 Å². The first-order valence-corrected chi connectivity index (χ1v) is 7.47. The van der Waals surface area contributed by atoms with E-state index in [0.717, 1.165) is 43.8 Å². The lowest BCUT2D eigenvalue weighted by Crippen LogP contribution is -2.36. The molecule has 0 atom stereocenters. The molecule has 1 aliphatic heterocycles. The number of ether oxygens (including phenoxy) is 1. The largest absolute Gasteiger partial charge is 0.497 e. The van der Waals surface area contributed by atoms with E-state index >= 15 is 0 Å². The van der Waals surface area contributed by atoms with Gasteiger partial charge in [0.25, 0.3) is 0 Å². The first-order chi connectivity index (χ1) is 10.2. The number of nitrogens with zero attached hydrogens (tertiary/aromatic N) is 1. The molecule has 1 N–H and O–H groups in total. The summed E-state index contributed by atoms with van der Waals surface area (Å²) >= 11 is 0. The van der Waals surface area contributed by atoms with Gasteiger partial charge in [0.05, 0.1) is 7.11 Å². The van der Waals surface area contributed by atoms with Gasteiger partial charge in [-0.15, -0.1) is 0 Å². The summed E-state index contributed by atoms with van der Waals surface area (Å²) in [6, 6.07) is 7.66. The lowest BCUT2D eigenvalue weighted by molar-refractivity contribution is -0.125. The van der Waals surface area contributed by atoms with Crippen LogP contribution in [0, 0.1) is 5.92 Å². The van der Waals surface area contributed by atoms with Crippen LogP contribution in [0.2, 0.25) is 0 Å². The number of hydrogen-bond acceptors (Lipinski definition) is 3. The van der Waals surface area contributed by atoms with Gasteiger partial charge in [0.2, 0.25) is 5.91 Å². The van der Waals surface area contributed by atoms with Crippen molar-refractivity contribution in [3.8, 4) is 5.75 Å². The summed E-state index contributed by atoms with van der Waals surface area (Å²) < 4.78 is 5.11. The Morgan fingerprint density at radius 3 is 2.62 bits per heavy atom. The van der Waals surface area contributed by atoms with Crippen LogP contribution in [-0.4, -0.2) is 44.6 Å². The van der Waals surface area contributed by atoms with Gasteiger partial charge in [0.15, 0.2) is 0 Å². The van der Waals surface area contributed by atoms with Crippen molar-refractivity contribution in [1.82, 2.24) is 10.2 Å². The van der Waals surface area contributed by atoms with Crippen LogP contribution in [0.25, 0.3) is 6.08 Å². The molecule has 21 heavy (non-hydrogen) atoms. The summed E-state index contributed by atoms with van der Waals surface area (Å²) in [7, 11) is 3.52. The monoisotopic (exact) mass is 288 g/mol. The van der Waals surface area contributed by atoms with Gasteiger partial charge in [0, 0.05) is 19.7 Å². The molecule has 1 saturated heterocycles. The molecular formula is C17H24N2O2. The Kier molecular flexibility index (Phi) is 5.81. The first kappa shape index (κ1) is 15.6. The van der Waals surface area contributed by atoms with Crippen LogP contribution in [0.1, 0.15) is 18.4 Å². The van der Waals surface area contributed by atoms with E-state index in [-0.39, 0.29) is 5.91 Å². The molecule has 4 nitrogen and oxygen atoms in total. The Morgan fingerprint density at radius 2 is 2.00 bits per heavy atom. The summed E-state index contributed by atoms with van der Waals surface area (Å²) in [5.74, 6) is 1.50. The van der Waals surface area contributed by atoms with Crippen molar-refractivity contribution in [2.24, 2.45) is 5.92 Å². The number of methoxy groups -OCH3 is 1. The van der Waals surface area contributed by atoms with E-state index in [0.29, 0.717) is 5.92 Å². The van der Waals surface area contributed by atoms with Crippen LogP contribution >= 0.6 is 0 Å². The topological polar surface area (TPSA) is 41.6 Å². The maximum absolute atomic E-state index is 12.1. The summed E-state index contributed by atoms with van der Waals surface area (Å²) in [6.07, 6.45) is 5.79. The molecule has 0 unspecified atom stereocenters. The molecule has 0 saturated carbocycles. The Morgan fingerprint density at radius 1 is 1.33 bits per heavy atom. The van der Waals surface area contributed by atoms with Crippen molar-refractivity contribution in [2.75, 3.05) is 33.8 Å². The van der Waals surface area contributed by atoms with E-state index in [9.17, 15) is 4.79 Å². The number of amides is 1. The summed E-state index contributed by atoms with van der Waals surface area (Å²) in [5, 5.41) is 3.35. The van der Waals surface area contributed by atoms with Crippen molar-refractivity contribution in [2.45, 2.75) is 12.8 Å². The molecule has 1 amide bonds. The number of rotatable bonds is 5. The fourth-order valence-corrected chi connectivity index (χ4v) is 2.55. The number of nitrogens with one attached hydrogen (secondary N) is 1. The van der Waals surface area contributed by atoms with Crippen molar-refractivity contribution in [3.63, 3.8) is 0 Å². The zero-order valence-electron chi connectivity index (χ0n) is 12.8. The van der Waals surface area contributed by atoms with E-state index < -0.39 is 0 Å². The molecule has 0 aromatic heterocycles. The van der Waals surface area contributed by atoms with Crippen molar-refractivity contribution in [3.05, 3.63) is 35.9 Å². The maximum Gasteiger partial charge on any atom is 0.246 e. The van der Waals surface area contributed by atoms with Gasteiger partial charge < -0.3 is 15.0 Å². The number of likely N-dealkylation sites (N-methyl/N-ethyl adjacent to an activating group) is 1. The molecule has 1 aromatic carbocycles. The molecule has 114 valence electrons. The number of carbonyl (C=O) groups is 1. The molecule has 1 fully saturated rings. The third-order valence-corrected chi connectivity index (χ3v) is 3.90. The van der Waals surface area contributed by atoms with Crippen LogP contribution in [0.3, 0.4) is 0 Å². The molecule has 1 heterocycles. The van der Waals surface area contributed by atoms with Crippen LogP contribution < -0.4 is 10.1 Å². The van der Waals surface area contributed by atoms with Gasteiger partial charge in [-0.3, -0.25) is 4.79 Å². The van der Waals surface area contributed by atoms with Gasteiger partial charge in [-0.1, -0.05) is 12.1 Å². The molecule has 0 spiro atoms. The molecule has 4 heteroatoms. The Hall–Kier alpha value is -1.81. The molecule has 2 rings (SSSR count). The van der Waals surface area contributed by atoms with E-state index in [1.165, 1.54) is 0 Å². The number of carbonyl (C=O) groups excluding carboxylic acids is 1. The van der Waals surface area contributed by atoms with Gasteiger partial charge in [0.1, 0.15) is 5.75 Å². The zero-order valence-corrected chi connectivity index (χ0v) is 12.8. The van der Waals surface area contributed by atoms with Crippen molar-refractivity contribution < 1.29 is 9.53 Å². The normalized spacial score (nSPS) is 16.1. The highest BCUT2D eigenvalue weighted by Crippen LogP contribution is 2.14. The third-order valence-electron chi connectivity index (χ3n) is 3.90. The second-order valence-electron chi connectivity index (χ2n) is 5.52. The summed E-state index contributed by atoms with van der Waals surface area (Å²) in [5.41, 5.74) is 0.999. The highest BCUT2D eigenvalue weighted by atomic mass is 16.5. The van der Waals surface area contributed by atoms with E-state index in [4.69, 9.17) is 4.74 Å². The van der Waals surface area contributed by atoms with E-state index in [1.54, 1.807) is 13.2 Å². The zero-order chi connectivity index (χ0) is 15.1. The van der Waals surface area contributed by atoms with Crippen LogP contribution in [0.4, 0.5) is 0 Å². The van der Waals surface area contributed by atoms with Crippen molar-refractivity contribution >= 4 is 12.0 Å². The highest BCUT2D eigenvalue weighted by molar-refractivity contribution is 5.91. The van der Waals surface area contributed by atoms with Crippen LogP contribution in [-0.2, 0) is 4.79 Å². The number of hydrogen-bond donors (Lipinski definition) is 1. The molecule has 1 aliphatic rings. The minimum Gasteiger partial charge on any atom is -0.497 e. The number of benzene rings is 1. The second kappa shape index (κ2) is 7.84. The quantitative estimate of drug-likeness (QED) is 0.844. The van der Waals surface area contributed by atoms with Crippen LogP contribution in [0.15, 0.2) is 30.3 Å². The lowest BCUT2D eigenvalue weighted by atomic mass is 9.98. The SMILES string of the molecule is COc1ccc(C=CC(=O)N(C)CC2CCNCC2)cc1. The Labute approximate surface area is 126 Å². The summed E-state index contributed by atoms with van der Waals surface area (Å²) in [6.45, 7) is 2.97. The Balaban J connectivity index is 1.85. The van der Waals surface area contributed by atoms with Gasteiger partial charge in [-0.05, 0) is 55.6 Å². The lowest BCUT2D eigenvalue weighted by Gasteiger charge is -2.27. The minimum atomic E-state index is 0.0596. The molecule has 1 aromatic rings. The van der Waals surface area contributed by atoms with Crippen LogP contribution in [0.5, 0.6) is 5.75 Å². The fraction of sp³-hybridized carbons (Fsp3) is 0.471. The standard InChI is InChI=1S/C17H24N2O2/c1-19(13-15-9-11-18-12-10-15)17(20)8-5-14-3-6-16(21-2)7-4-14/h3-8,15,18H,9-13H2,1-2H3. The number of piperidine rings is 1. The predicted octanol–water partition coefficient (Wildman–Crippen LogP) is 2.17. The van der Waals surface area contributed by atoms with Crippen molar-refractivity contribution in [1.29, 1.82) is 0 Å². The predicted molar refractivity (Wildman–Crippen MR) is 85.3 cm³/mol. The first-order valence-electron chi connectivity index (χ1n) is 7.47. The summed E-state index contributed by atoms with van der Waals surface area (Å²) in [4.78, 5) is 13.9.